The van der Waals surface area contributed by atoms with Crippen molar-refractivity contribution in [3.05, 3.63) is 16.3 Å². The Morgan fingerprint density at radius 1 is 1.56 bits per heavy atom. The quantitative estimate of drug-likeness (QED) is 0.705. The van der Waals surface area contributed by atoms with E-state index in [2.05, 4.69) is 15.5 Å². The van der Waals surface area contributed by atoms with Gasteiger partial charge in [-0.05, 0) is 18.9 Å². The maximum absolute atomic E-state index is 11.0. The Balaban J connectivity index is 2.25. The van der Waals surface area contributed by atoms with Crippen molar-refractivity contribution in [2.75, 3.05) is 5.32 Å². The van der Waals surface area contributed by atoms with E-state index in [0.29, 0.717) is 16.5 Å². The topological polar surface area (TPSA) is 78.0 Å². The molecule has 0 aromatic carbocycles. The summed E-state index contributed by atoms with van der Waals surface area (Å²) in [6.45, 7) is 0. The standard InChI is InChI=1S/C10H13N3O2S/c14-10(15)7-5-8(16)12-13-9(7)11-6-3-1-2-4-6/h5-6H,1-4H2,(H,11,13)(H,12,16)(H,14,15). The van der Waals surface area contributed by atoms with E-state index in [9.17, 15) is 4.79 Å². The van der Waals surface area contributed by atoms with Crippen molar-refractivity contribution < 1.29 is 9.90 Å². The van der Waals surface area contributed by atoms with E-state index < -0.39 is 5.97 Å². The van der Waals surface area contributed by atoms with Crippen LogP contribution in [0.1, 0.15) is 36.0 Å². The van der Waals surface area contributed by atoms with Gasteiger partial charge in [0, 0.05) is 6.04 Å². The third-order valence-corrected chi connectivity index (χ3v) is 2.94. The Kier molecular flexibility index (Phi) is 3.19. The second-order valence-electron chi connectivity index (χ2n) is 3.93. The van der Waals surface area contributed by atoms with E-state index in [-0.39, 0.29) is 5.56 Å². The van der Waals surface area contributed by atoms with E-state index in [1.54, 1.807) is 0 Å². The largest absolute Gasteiger partial charge is 0.478 e. The number of aromatic amines is 1. The Labute approximate surface area is 97.9 Å². The highest BCUT2D eigenvalue weighted by molar-refractivity contribution is 7.71. The maximum Gasteiger partial charge on any atom is 0.339 e. The minimum absolute atomic E-state index is 0.135. The number of nitrogens with one attached hydrogen (secondary N) is 2. The van der Waals surface area contributed by atoms with E-state index in [1.165, 1.54) is 18.9 Å². The van der Waals surface area contributed by atoms with Gasteiger partial charge in [0.2, 0.25) is 0 Å². The predicted octanol–water partition coefficient (Wildman–Crippen LogP) is 2.19. The molecule has 1 aromatic rings. The number of H-pyrrole nitrogens is 1. The van der Waals surface area contributed by atoms with Crippen LogP contribution in [-0.2, 0) is 0 Å². The number of nitrogens with zero attached hydrogens (tertiary/aromatic N) is 1. The summed E-state index contributed by atoms with van der Waals surface area (Å²) >= 11 is 4.85. The molecule has 2 rings (SSSR count). The first-order valence-corrected chi connectivity index (χ1v) is 5.67. The molecule has 16 heavy (non-hydrogen) atoms. The number of hydrogen-bond acceptors (Lipinski definition) is 4. The van der Waals surface area contributed by atoms with Crippen molar-refractivity contribution in [2.24, 2.45) is 0 Å². The van der Waals surface area contributed by atoms with Crippen LogP contribution >= 0.6 is 12.2 Å². The predicted molar refractivity (Wildman–Crippen MR) is 62.3 cm³/mol. The molecule has 0 saturated heterocycles. The molecule has 0 atom stereocenters. The summed E-state index contributed by atoms with van der Waals surface area (Å²) in [6.07, 6.45) is 4.50. The minimum atomic E-state index is -1.01. The lowest BCUT2D eigenvalue weighted by Crippen LogP contribution is -2.18. The van der Waals surface area contributed by atoms with E-state index in [1.807, 2.05) is 0 Å². The maximum atomic E-state index is 11.0. The molecule has 0 radical (unpaired) electrons. The van der Waals surface area contributed by atoms with Crippen LogP contribution in [0.3, 0.4) is 0 Å². The molecular formula is C10H13N3O2S. The molecule has 1 saturated carbocycles. The van der Waals surface area contributed by atoms with Crippen LogP contribution in [-0.4, -0.2) is 27.3 Å². The molecule has 6 heteroatoms. The summed E-state index contributed by atoms with van der Waals surface area (Å²) in [5, 5.41) is 18.7. The highest BCUT2D eigenvalue weighted by Crippen LogP contribution is 2.22. The molecule has 1 aromatic heterocycles. The van der Waals surface area contributed by atoms with Gasteiger partial charge >= 0.3 is 5.97 Å². The molecule has 0 bridgehead atoms. The molecular weight excluding hydrogens is 226 g/mol. The molecule has 0 aliphatic heterocycles. The average Bonchev–Trinajstić information content (AvgIpc) is 2.73. The van der Waals surface area contributed by atoms with Crippen LogP contribution < -0.4 is 5.32 Å². The lowest BCUT2D eigenvalue weighted by molar-refractivity contribution is 0.0697. The molecule has 1 aliphatic carbocycles. The smallest absolute Gasteiger partial charge is 0.339 e. The third-order valence-electron chi connectivity index (χ3n) is 2.73. The first kappa shape index (κ1) is 11.1. The van der Waals surface area contributed by atoms with E-state index >= 15 is 0 Å². The van der Waals surface area contributed by atoms with Crippen LogP contribution in [0.15, 0.2) is 6.07 Å². The first-order valence-electron chi connectivity index (χ1n) is 5.26. The van der Waals surface area contributed by atoms with Crippen LogP contribution in [0.25, 0.3) is 0 Å². The van der Waals surface area contributed by atoms with Crippen molar-refractivity contribution in [2.45, 2.75) is 31.7 Å². The third kappa shape index (κ3) is 2.38. The zero-order valence-corrected chi connectivity index (χ0v) is 9.51. The van der Waals surface area contributed by atoms with Crippen LogP contribution in [0, 0.1) is 4.64 Å². The van der Waals surface area contributed by atoms with Gasteiger partial charge in [0.25, 0.3) is 0 Å². The highest BCUT2D eigenvalue weighted by Gasteiger charge is 2.18. The zero-order valence-electron chi connectivity index (χ0n) is 8.69. The number of hydrogen-bond donors (Lipinski definition) is 3. The first-order chi connectivity index (χ1) is 7.66. The minimum Gasteiger partial charge on any atom is -0.478 e. The lowest BCUT2D eigenvalue weighted by atomic mass is 10.2. The van der Waals surface area contributed by atoms with Crippen molar-refractivity contribution in [3.8, 4) is 0 Å². The number of carboxylic acid groups (broad SMARTS) is 1. The summed E-state index contributed by atoms with van der Waals surface area (Å²) in [5.41, 5.74) is 0.135. The lowest BCUT2D eigenvalue weighted by Gasteiger charge is -2.13. The SMILES string of the molecule is O=C(O)c1cc(=S)[nH]nc1NC1CCCC1. The number of aromatic nitrogens is 2. The Bertz CT molecular complexity index is 452. The second kappa shape index (κ2) is 4.61. The molecule has 1 heterocycles. The van der Waals surface area contributed by atoms with Gasteiger partial charge in [-0.25, -0.2) is 4.79 Å². The Morgan fingerprint density at radius 3 is 2.88 bits per heavy atom. The van der Waals surface area contributed by atoms with Crippen molar-refractivity contribution in [1.29, 1.82) is 0 Å². The second-order valence-corrected chi connectivity index (χ2v) is 4.37. The molecule has 3 N–H and O–H groups in total. The van der Waals surface area contributed by atoms with Crippen LogP contribution in [0.4, 0.5) is 5.82 Å². The van der Waals surface area contributed by atoms with Crippen molar-refractivity contribution >= 4 is 24.0 Å². The summed E-state index contributed by atoms with van der Waals surface area (Å²) in [6, 6.07) is 1.75. The van der Waals surface area contributed by atoms with Gasteiger partial charge in [-0.1, -0.05) is 25.1 Å². The normalized spacial score (nSPS) is 16.2. The Hall–Kier alpha value is -1.43. The number of anilines is 1. The van der Waals surface area contributed by atoms with Gasteiger partial charge in [0.1, 0.15) is 10.2 Å². The molecule has 86 valence electrons. The van der Waals surface area contributed by atoms with Gasteiger partial charge in [0.15, 0.2) is 5.82 Å². The zero-order chi connectivity index (χ0) is 11.5. The van der Waals surface area contributed by atoms with E-state index in [4.69, 9.17) is 17.3 Å². The monoisotopic (exact) mass is 239 g/mol. The molecule has 1 aliphatic rings. The Morgan fingerprint density at radius 2 is 2.25 bits per heavy atom. The summed E-state index contributed by atoms with van der Waals surface area (Å²) < 4.78 is 0.328. The number of rotatable bonds is 3. The molecule has 0 unspecified atom stereocenters. The van der Waals surface area contributed by atoms with Gasteiger partial charge in [0.05, 0.1) is 0 Å². The summed E-state index contributed by atoms with van der Waals surface area (Å²) in [4.78, 5) is 11.0. The average molecular weight is 239 g/mol. The summed E-state index contributed by atoms with van der Waals surface area (Å²) in [5.74, 6) is -0.624. The highest BCUT2D eigenvalue weighted by atomic mass is 32.1. The van der Waals surface area contributed by atoms with Crippen LogP contribution in [0.2, 0.25) is 0 Å². The van der Waals surface area contributed by atoms with Gasteiger partial charge in [-0.15, -0.1) is 0 Å². The number of carboxylic acids is 1. The fourth-order valence-corrected chi connectivity index (χ4v) is 2.10. The fraction of sp³-hybridized carbons (Fsp3) is 0.500. The summed E-state index contributed by atoms with van der Waals surface area (Å²) in [7, 11) is 0. The number of carbonyl (C=O) groups is 1. The van der Waals surface area contributed by atoms with Gasteiger partial charge < -0.3 is 10.4 Å². The van der Waals surface area contributed by atoms with Crippen molar-refractivity contribution in [1.82, 2.24) is 10.2 Å². The van der Waals surface area contributed by atoms with Gasteiger partial charge in [-0.3, -0.25) is 5.10 Å². The van der Waals surface area contributed by atoms with Gasteiger partial charge in [-0.2, -0.15) is 5.10 Å². The van der Waals surface area contributed by atoms with E-state index in [0.717, 1.165) is 12.8 Å². The molecule has 1 fully saturated rings. The van der Waals surface area contributed by atoms with Crippen LogP contribution in [0.5, 0.6) is 0 Å². The molecule has 5 nitrogen and oxygen atoms in total. The van der Waals surface area contributed by atoms with Crippen molar-refractivity contribution in [3.63, 3.8) is 0 Å². The fourth-order valence-electron chi connectivity index (χ4n) is 1.94. The number of aromatic carboxylic acids is 1. The molecule has 0 spiro atoms. The molecule has 0 amide bonds.